The molecule has 0 bridgehead atoms. The summed E-state index contributed by atoms with van der Waals surface area (Å²) >= 11 is 0. The standard InChI is InChI=1S/C16H26FN3O/c1-2-18-16(15-6-5-14(17)10-19-15)7-9-20-8-3-4-13(11-20)12-21/h5-6,10,13,16,18,21H,2-4,7-9,11-12H2,1H3. The lowest BCUT2D eigenvalue weighted by Crippen LogP contribution is -2.38. The fourth-order valence-electron chi connectivity index (χ4n) is 3.01. The van der Waals surface area contributed by atoms with Gasteiger partial charge in [0.05, 0.1) is 17.9 Å². The lowest BCUT2D eigenvalue weighted by atomic mass is 9.98. The van der Waals surface area contributed by atoms with E-state index in [0.717, 1.165) is 51.1 Å². The molecule has 2 rings (SSSR count). The molecule has 1 aromatic heterocycles. The molecule has 2 heterocycles. The van der Waals surface area contributed by atoms with Gasteiger partial charge in [-0.2, -0.15) is 0 Å². The number of aliphatic hydroxyl groups is 1. The van der Waals surface area contributed by atoms with Crippen molar-refractivity contribution in [2.45, 2.75) is 32.2 Å². The van der Waals surface area contributed by atoms with Crippen molar-refractivity contribution in [3.8, 4) is 0 Å². The van der Waals surface area contributed by atoms with Crippen molar-refractivity contribution in [3.05, 3.63) is 29.8 Å². The molecular weight excluding hydrogens is 269 g/mol. The first-order valence-electron chi connectivity index (χ1n) is 7.91. The maximum Gasteiger partial charge on any atom is 0.141 e. The number of pyridine rings is 1. The lowest BCUT2D eigenvalue weighted by Gasteiger charge is -2.32. The van der Waals surface area contributed by atoms with Crippen LogP contribution in [-0.4, -0.2) is 47.8 Å². The van der Waals surface area contributed by atoms with E-state index < -0.39 is 0 Å². The van der Waals surface area contributed by atoms with E-state index >= 15 is 0 Å². The molecule has 0 aliphatic carbocycles. The van der Waals surface area contributed by atoms with Gasteiger partial charge in [0, 0.05) is 19.7 Å². The maximum atomic E-state index is 13.0. The Morgan fingerprint density at radius 3 is 3.05 bits per heavy atom. The highest BCUT2D eigenvalue weighted by Crippen LogP contribution is 2.19. The van der Waals surface area contributed by atoms with Gasteiger partial charge in [-0.1, -0.05) is 6.92 Å². The molecule has 4 nitrogen and oxygen atoms in total. The van der Waals surface area contributed by atoms with E-state index in [1.165, 1.54) is 12.3 Å². The molecule has 2 N–H and O–H groups in total. The monoisotopic (exact) mass is 295 g/mol. The summed E-state index contributed by atoms with van der Waals surface area (Å²) in [6, 6.07) is 3.38. The Kier molecular flexibility index (Phi) is 6.54. The van der Waals surface area contributed by atoms with E-state index in [1.54, 1.807) is 6.07 Å². The van der Waals surface area contributed by atoms with Crippen LogP contribution in [0.15, 0.2) is 18.3 Å². The second kappa shape index (κ2) is 8.41. The molecule has 1 aliphatic rings. The van der Waals surface area contributed by atoms with Crippen LogP contribution in [0.3, 0.4) is 0 Å². The van der Waals surface area contributed by atoms with Crippen molar-refractivity contribution in [2.24, 2.45) is 5.92 Å². The van der Waals surface area contributed by atoms with Crippen molar-refractivity contribution < 1.29 is 9.50 Å². The Morgan fingerprint density at radius 1 is 1.52 bits per heavy atom. The molecule has 1 fully saturated rings. The second-order valence-corrected chi connectivity index (χ2v) is 5.79. The molecule has 2 unspecified atom stereocenters. The Bertz CT molecular complexity index is 412. The van der Waals surface area contributed by atoms with E-state index in [9.17, 15) is 9.50 Å². The minimum atomic E-state index is -0.296. The van der Waals surface area contributed by atoms with Gasteiger partial charge in [-0.25, -0.2) is 4.39 Å². The number of hydrogen-bond donors (Lipinski definition) is 2. The third-order valence-electron chi connectivity index (χ3n) is 4.15. The van der Waals surface area contributed by atoms with Gasteiger partial charge in [-0.05, 0) is 50.4 Å². The summed E-state index contributed by atoms with van der Waals surface area (Å²) in [5, 5.41) is 12.7. The molecule has 1 aromatic rings. The largest absolute Gasteiger partial charge is 0.396 e. The van der Waals surface area contributed by atoms with E-state index in [1.807, 2.05) is 0 Å². The fraction of sp³-hybridized carbons (Fsp3) is 0.688. The Balaban J connectivity index is 1.89. The van der Waals surface area contributed by atoms with E-state index in [4.69, 9.17) is 0 Å². The molecule has 0 amide bonds. The van der Waals surface area contributed by atoms with Crippen molar-refractivity contribution in [1.82, 2.24) is 15.2 Å². The van der Waals surface area contributed by atoms with Crippen LogP contribution in [-0.2, 0) is 0 Å². The number of nitrogens with one attached hydrogen (secondary N) is 1. The number of hydrogen-bond acceptors (Lipinski definition) is 4. The highest BCUT2D eigenvalue weighted by Gasteiger charge is 2.20. The number of likely N-dealkylation sites (tertiary alicyclic amines) is 1. The maximum absolute atomic E-state index is 13.0. The molecule has 2 atom stereocenters. The fourth-order valence-corrected chi connectivity index (χ4v) is 3.01. The van der Waals surface area contributed by atoms with Gasteiger partial charge in [0.1, 0.15) is 5.82 Å². The Morgan fingerprint density at radius 2 is 2.38 bits per heavy atom. The summed E-state index contributed by atoms with van der Waals surface area (Å²) in [6.45, 7) is 6.28. The summed E-state index contributed by atoms with van der Waals surface area (Å²) in [7, 11) is 0. The third-order valence-corrected chi connectivity index (χ3v) is 4.15. The molecule has 0 aromatic carbocycles. The van der Waals surface area contributed by atoms with E-state index in [2.05, 4.69) is 22.1 Å². The summed E-state index contributed by atoms with van der Waals surface area (Å²) in [5.74, 6) is 0.121. The van der Waals surface area contributed by atoms with Gasteiger partial charge in [-0.15, -0.1) is 0 Å². The number of aromatic nitrogens is 1. The quantitative estimate of drug-likeness (QED) is 0.807. The van der Waals surface area contributed by atoms with E-state index in [-0.39, 0.29) is 18.5 Å². The minimum absolute atomic E-state index is 0.158. The van der Waals surface area contributed by atoms with Crippen LogP contribution in [0.5, 0.6) is 0 Å². The Labute approximate surface area is 126 Å². The van der Waals surface area contributed by atoms with Crippen LogP contribution in [0.4, 0.5) is 4.39 Å². The zero-order valence-corrected chi connectivity index (χ0v) is 12.8. The summed E-state index contributed by atoms with van der Waals surface area (Å²) in [6.07, 6.45) is 4.52. The smallest absolute Gasteiger partial charge is 0.141 e. The summed E-state index contributed by atoms with van der Waals surface area (Å²) < 4.78 is 13.0. The van der Waals surface area contributed by atoms with Crippen LogP contribution in [0.1, 0.15) is 37.9 Å². The van der Waals surface area contributed by atoms with Crippen LogP contribution in [0, 0.1) is 11.7 Å². The predicted octanol–water partition coefficient (Wildman–Crippen LogP) is 1.97. The number of nitrogens with zero attached hydrogens (tertiary/aromatic N) is 2. The number of halogens is 1. The average molecular weight is 295 g/mol. The van der Waals surface area contributed by atoms with Crippen LogP contribution >= 0.6 is 0 Å². The zero-order valence-electron chi connectivity index (χ0n) is 12.8. The molecule has 0 radical (unpaired) electrons. The lowest BCUT2D eigenvalue weighted by molar-refractivity contribution is 0.117. The number of rotatable bonds is 7. The van der Waals surface area contributed by atoms with Crippen LogP contribution in [0.2, 0.25) is 0 Å². The minimum Gasteiger partial charge on any atom is -0.396 e. The highest BCUT2D eigenvalue weighted by atomic mass is 19.1. The van der Waals surface area contributed by atoms with Gasteiger partial charge in [0.2, 0.25) is 0 Å². The zero-order chi connectivity index (χ0) is 15.1. The van der Waals surface area contributed by atoms with Crippen molar-refractivity contribution in [2.75, 3.05) is 32.8 Å². The molecule has 0 spiro atoms. The molecule has 118 valence electrons. The molecule has 21 heavy (non-hydrogen) atoms. The highest BCUT2D eigenvalue weighted by molar-refractivity contribution is 5.10. The van der Waals surface area contributed by atoms with Gasteiger partial charge < -0.3 is 15.3 Å². The van der Waals surface area contributed by atoms with Crippen molar-refractivity contribution >= 4 is 0 Å². The Hall–Kier alpha value is -1.04. The first kappa shape index (κ1) is 16.3. The normalized spacial score (nSPS) is 21.4. The van der Waals surface area contributed by atoms with Crippen LogP contribution in [0.25, 0.3) is 0 Å². The van der Waals surface area contributed by atoms with Gasteiger partial charge >= 0.3 is 0 Å². The first-order valence-corrected chi connectivity index (χ1v) is 7.91. The first-order chi connectivity index (χ1) is 10.2. The molecular formula is C16H26FN3O. The number of piperidine rings is 1. The molecule has 0 saturated carbocycles. The van der Waals surface area contributed by atoms with E-state index in [0.29, 0.717) is 5.92 Å². The summed E-state index contributed by atoms with van der Waals surface area (Å²) in [5.41, 5.74) is 0.897. The summed E-state index contributed by atoms with van der Waals surface area (Å²) in [4.78, 5) is 6.61. The second-order valence-electron chi connectivity index (χ2n) is 5.79. The SMILES string of the molecule is CCNC(CCN1CCCC(CO)C1)c1ccc(F)cn1. The topological polar surface area (TPSA) is 48.4 Å². The van der Waals surface area contributed by atoms with Gasteiger partial charge in [0.15, 0.2) is 0 Å². The predicted molar refractivity (Wildman–Crippen MR) is 81.5 cm³/mol. The van der Waals surface area contributed by atoms with Gasteiger partial charge in [0.25, 0.3) is 0 Å². The molecule has 1 saturated heterocycles. The van der Waals surface area contributed by atoms with Gasteiger partial charge in [-0.3, -0.25) is 4.98 Å². The number of aliphatic hydroxyl groups excluding tert-OH is 1. The van der Waals surface area contributed by atoms with Crippen molar-refractivity contribution in [3.63, 3.8) is 0 Å². The van der Waals surface area contributed by atoms with Crippen molar-refractivity contribution in [1.29, 1.82) is 0 Å². The average Bonchev–Trinajstić information content (AvgIpc) is 2.52. The molecule has 1 aliphatic heterocycles. The third kappa shape index (κ3) is 5.02. The molecule has 5 heteroatoms. The van der Waals surface area contributed by atoms with Crippen LogP contribution < -0.4 is 5.32 Å².